The molecule has 4 fully saturated rings. The lowest BCUT2D eigenvalue weighted by atomic mass is 9.94. The van der Waals surface area contributed by atoms with E-state index in [-0.39, 0.29) is 29.9 Å². The lowest BCUT2D eigenvalue weighted by molar-refractivity contribution is -0.136. The van der Waals surface area contributed by atoms with E-state index in [0.717, 1.165) is 82.0 Å². The number of nitrogens with one attached hydrogen (secondary N) is 3. The van der Waals surface area contributed by atoms with Crippen LogP contribution in [0.25, 0.3) is 0 Å². The van der Waals surface area contributed by atoms with Crippen LogP contribution >= 0.6 is 18.7 Å². The van der Waals surface area contributed by atoms with Crippen LogP contribution in [0.2, 0.25) is 5.02 Å². The van der Waals surface area contributed by atoms with Crippen LogP contribution in [0.4, 0.5) is 28.8 Å². The van der Waals surface area contributed by atoms with Crippen molar-refractivity contribution in [3.63, 3.8) is 0 Å². The number of methoxy groups -OCH3 is 1. The average molecular weight is 996 g/mol. The first-order chi connectivity index (χ1) is 33.7. The van der Waals surface area contributed by atoms with E-state index in [9.17, 15) is 28.5 Å². The maximum atomic E-state index is 13.5. The summed E-state index contributed by atoms with van der Waals surface area (Å²) in [5, 5.41) is 9.79. The number of nitrogens with zero attached hydrogens (tertiary/aromatic N) is 7. The summed E-state index contributed by atoms with van der Waals surface area (Å²) < 4.78 is 24.8. The van der Waals surface area contributed by atoms with E-state index < -0.39 is 36.8 Å². The molecule has 5 amide bonds. The average Bonchev–Trinajstić information content (AvgIpc) is 3.61. The Hall–Kier alpha value is -6.07. The topological polar surface area (TPSA) is 199 Å². The number of para-hydroxylation sites is 1. The standard InChI is InChI=1S/C50H60ClN10O8P/c1-68-41-29-34(11-12-37(41)54-50-52-30-36(51)46(56-50)53-38-8-4-5-10-42(38)70(2,3)67)58-22-17-33(18-23-58)59-26-24-57(25-27-59)31-44(63)60-20-15-32(16-21-60)19-28-69-40-9-6-7-35-45(40)49(66)61(48(35)65)39-13-14-43(62)55-47(39)64/h4-12,29-30,32-33,39H,13-28,31H2,1-3H3,(H,55,62,64)(H2,52,53,54,56). The lowest BCUT2D eigenvalue weighted by Crippen LogP contribution is -2.55. The van der Waals surface area contributed by atoms with Gasteiger partial charge in [-0.15, -0.1) is 0 Å². The lowest BCUT2D eigenvalue weighted by Gasteiger charge is -2.43. The summed E-state index contributed by atoms with van der Waals surface area (Å²) in [7, 11) is -0.920. The van der Waals surface area contributed by atoms with E-state index in [1.54, 1.807) is 38.6 Å². The van der Waals surface area contributed by atoms with Crippen molar-refractivity contribution in [3.05, 3.63) is 83.0 Å². The molecule has 1 atom stereocenters. The number of rotatable bonds is 15. The van der Waals surface area contributed by atoms with Crippen LogP contribution in [-0.2, 0) is 18.9 Å². The van der Waals surface area contributed by atoms with E-state index in [4.69, 9.17) is 21.1 Å². The van der Waals surface area contributed by atoms with Crippen molar-refractivity contribution in [2.24, 2.45) is 5.92 Å². The molecule has 20 heteroatoms. The number of anilines is 5. The van der Waals surface area contributed by atoms with Gasteiger partial charge in [-0.25, -0.2) is 4.98 Å². The molecular weight excluding hydrogens is 935 g/mol. The number of hydrogen-bond donors (Lipinski definition) is 3. The summed E-state index contributed by atoms with van der Waals surface area (Å²) in [5.74, 6) is 0.00533. The van der Waals surface area contributed by atoms with Gasteiger partial charge in [0.1, 0.15) is 29.7 Å². The van der Waals surface area contributed by atoms with Crippen molar-refractivity contribution in [3.8, 4) is 11.5 Å². The quantitative estimate of drug-likeness (QED) is 0.0987. The Balaban J connectivity index is 0.689. The highest BCUT2D eigenvalue weighted by atomic mass is 35.5. The van der Waals surface area contributed by atoms with Gasteiger partial charge in [-0.05, 0) is 94.2 Å². The molecule has 370 valence electrons. The maximum Gasteiger partial charge on any atom is 0.266 e. The molecule has 1 aromatic heterocycles. The maximum absolute atomic E-state index is 13.5. The van der Waals surface area contributed by atoms with Gasteiger partial charge in [-0.3, -0.25) is 44.0 Å². The highest BCUT2D eigenvalue weighted by Crippen LogP contribution is 2.40. The van der Waals surface area contributed by atoms with Gasteiger partial charge in [0.2, 0.25) is 23.7 Å². The molecule has 3 aromatic carbocycles. The predicted molar refractivity (Wildman–Crippen MR) is 268 cm³/mol. The number of carbonyl (C=O) groups is 5. The molecule has 70 heavy (non-hydrogen) atoms. The fourth-order valence-corrected chi connectivity index (χ4v) is 11.6. The third-order valence-electron chi connectivity index (χ3n) is 14.2. The van der Waals surface area contributed by atoms with Crippen molar-refractivity contribution in [2.75, 3.05) is 101 Å². The minimum Gasteiger partial charge on any atom is -0.494 e. The molecule has 4 aromatic rings. The van der Waals surface area contributed by atoms with E-state index >= 15 is 0 Å². The SMILES string of the molecule is COc1cc(N2CCC(N3CCN(CC(=O)N4CCC(CCOc5cccc6c5C(=O)N(C5CCC(=O)NC5=O)C6=O)CC4)CC3)CC2)ccc1Nc1ncc(Cl)c(Nc2ccccc2P(C)(C)=O)n1. The molecule has 6 heterocycles. The van der Waals surface area contributed by atoms with Crippen molar-refractivity contribution >= 4 is 82.4 Å². The molecule has 0 spiro atoms. The first-order valence-corrected chi connectivity index (χ1v) is 27.1. The summed E-state index contributed by atoms with van der Waals surface area (Å²) in [6.07, 6.45) is 6.22. The number of halogens is 1. The van der Waals surface area contributed by atoms with Crippen LogP contribution in [0.3, 0.4) is 0 Å². The van der Waals surface area contributed by atoms with E-state index in [1.807, 2.05) is 41.3 Å². The molecule has 0 saturated carbocycles. The molecule has 5 aliphatic heterocycles. The molecule has 4 saturated heterocycles. The Morgan fingerprint density at radius 2 is 1.60 bits per heavy atom. The Labute approximate surface area is 412 Å². The second kappa shape index (κ2) is 21.1. The molecule has 0 radical (unpaired) electrons. The molecule has 5 aliphatic rings. The largest absolute Gasteiger partial charge is 0.494 e. The number of ether oxygens (including phenoxy) is 2. The first-order valence-electron chi connectivity index (χ1n) is 24.1. The number of piperazine rings is 1. The van der Waals surface area contributed by atoms with Crippen LogP contribution < -0.4 is 35.6 Å². The van der Waals surface area contributed by atoms with Crippen molar-refractivity contribution in [1.29, 1.82) is 0 Å². The monoisotopic (exact) mass is 994 g/mol. The van der Waals surface area contributed by atoms with Crippen LogP contribution in [0.5, 0.6) is 11.5 Å². The molecule has 0 bridgehead atoms. The Kier molecular flexibility index (Phi) is 14.8. The highest BCUT2D eigenvalue weighted by molar-refractivity contribution is 7.70. The smallest absolute Gasteiger partial charge is 0.266 e. The second-order valence-corrected chi connectivity index (χ2v) is 22.6. The number of hydrogen-bond acceptors (Lipinski definition) is 15. The second-order valence-electron chi connectivity index (χ2n) is 19.0. The fraction of sp³-hybridized carbons (Fsp3) is 0.460. The number of likely N-dealkylation sites (tertiary alicyclic amines) is 1. The number of piperidine rings is 3. The molecule has 0 aliphatic carbocycles. The molecular formula is C50H60ClN10O8P. The third-order valence-corrected chi connectivity index (χ3v) is 16.0. The number of benzene rings is 3. The third kappa shape index (κ3) is 10.8. The summed E-state index contributed by atoms with van der Waals surface area (Å²) in [4.78, 5) is 83.5. The van der Waals surface area contributed by atoms with Gasteiger partial charge >= 0.3 is 0 Å². The number of aromatic nitrogens is 2. The van der Waals surface area contributed by atoms with E-state index in [2.05, 4.69) is 46.7 Å². The van der Waals surface area contributed by atoms with Gasteiger partial charge in [0.05, 0.1) is 49.0 Å². The molecule has 18 nitrogen and oxygen atoms in total. The van der Waals surface area contributed by atoms with Crippen molar-refractivity contribution < 1.29 is 38.0 Å². The van der Waals surface area contributed by atoms with Crippen LogP contribution in [0.15, 0.2) is 66.9 Å². The highest BCUT2D eigenvalue weighted by Gasteiger charge is 2.46. The summed E-state index contributed by atoms with van der Waals surface area (Å²) >= 11 is 6.49. The summed E-state index contributed by atoms with van der Waals surface area (Å²) in [5.41, 5.74) is 2.81. The number of amides is 5. The van der Waals surface area contributed by atoms with Crippen LogP contribution in [0, 0.1) is 5.92 Å². The van der Waals surface area contributed by atoms with Gasteiger partial charge in [-0.2, -0.15) is 4.98 Å². The van der Waals surface area contributed by atoms with Gasteiger partial charge in [0, 0.05) is 81.9 Å². The van der Waals surface area contributed by atoms with Gasteiger partial charge in [0.15, 0.2) is 5.82 Å². The van der Waals surface area contributed by atoms with E-state index in [0.29, 0.717) is 83.2 Å². The van der Waals surface area contributed by atoms with Gasteiger partial charge in [0.25, 0.3) is 11.8 Å². The summed E-state index contributed by atoms with van der Waals surface area (Å²) in [6, 6.07) is 17.9. The van der Waals surface area contributed by atoms with E-state index in [1.165, 1.54) is 6.20 Å². The zero-order valence-corrected chi connectivity index (χ0v) is 41.5. The Morgan fingerprint density at radius 1 is 0.843 bits per heavy atom. The normalized spacial score (nSPS) is 19.8. The van der Waals surface area contributed by atoms with Gasteiger partial charge < -0.3 is 34.5 Å². The number of imide groups is 2. The van der Waals surface area contributed by atoms with Crippen LogP contribution in [0.1, 0.15) is 65.7 Å². The molecule has 9 rings (SSSR count). The minimum atomic E-state index is -2.56. The fourth-order valence-electron chi connectivity index (χ4n) is 10.3. The Bertz CT molecular complexity index is 2700. The predicted octanol–water partition coefficient (Wildman–Crippen LogP) is 5.57. The molecule has 3 N–H and O–H groups in total. The van der Waals surface area contributed by atoms with Crippen LogP contribution in [-0.4, -0.2) is 157 Å². The Morgan fingerprint density at radius 3 is 2.33 bits per heavy atom. The number of carbonyl (C=O) groups excluding carboxylic acids is 5. The first kappa shape index (κ1) is 48.9. The number of fused-ring (bicyclic) bond motifs is 1. The summed E-state index contributed by atoms with van der Waals surface area (Å²) in [6.45, 7) is 11.0. The zero-order valence-electron chi connectivity index (χ0n) is 39.8. The zero-order chi connectivity index (χ0) is 49.1. The van der Waals surface area contributed by atoms with Crippen molar-refractivity contribution in [1.82, 2.24) is 34.9 Å². The minimum absolute atomic E-state index is 0.0569. The van der Waals surface area contributed by atoms with Gasteiger partial charge in [-0.1, -0.05) is 29.8 Å². The van der Waals surface area contributed by atoms with Crippen molar-refractivity contribution in [2.45, 2.75) is 57.0 Å². The molecule has 1 unspecified atom stereocenters.